The molecular formula is C12H10F2N2O2. The van der Waals surface area contributed by atoms with Gasteiger partial charge in [-0.3, -0.25) is 4.79 Å². The van der Waals surface area contributed by atoms with Crippen molar-refractivity contribution >= 4 is 0 Å². The first-order valence-corrected chi connectivity index (χ1v) is 5.21. The highest BCUT2D eigenvalue weighted by Crippen LogP contribution is 2.20. The van der Waals surface area contributed by atoms with Gasteiger partial charge in [0.05, 0.1) is 6.54 Å². The van der Waals surface area contributed by atoms with Crippen LogP contribution in [0.3, 0.4) is 0 Å². The second kappa shape index (κ2) is 5.39. The Balaban J connectivity index is 2.29. The van der Waals surface area contributed by atoms with Crippen LogP contribution in [0.4, 0.5) is 8.78 Å². The monoisotopic (exact) mass is 252 g/mol. The number of ether oxygens (including phenoxy) is 1. The minimum atomic E-state index is -2.90. The molecule has 4 nitrogen and oxygen atoms in total. The molecule has 0 N–H and O–H groups in total. The van der Waals surface area contributed by atoms with Gasteiger partial charge in [0.15, 0.2) is 0 Å². The molecule has 1 heterocycles. The highest BCUT2D eigenvalue weighted by molar-refractivity contribution is 5.33. The zero-order valence-corrected chi connectivity index (χ0v) is 9.29. The van der Waals surface area contributed by atoms with Crippen molar-refractivity contribution < 1.29 is 13.5 Å². The normalized spacial score (nSPS) is 10.6. The molecule has 0 saturated carbocycles. The number of hydrogen-bond acceptors (Lipinski definition) is 3. The number of benzene rings is 1. The van der Waals surface area contributed by atoms with Crippen molar-refractivity contribution in [2.75, 3.05) is 0 Å². The van der Waals surface area contributed by atoms with Gasteiger partial charge >= 0.3 is 6.61 Å². The van der Waals surface area contributed by atoms with Gasteiger partial charge in [-0.1, -0.05) is 18.2 Å². The van der Waals surface area contributed by atoms with Crippen LogP contribution in [-0.2, 0) is 6.54 Å². The minimum absolute atomic E-state index is 0.0463. The van der Waals surface area contributed by atoms with Crippen molar-refractivity contribution in [3.8, 4) is 5.75 Å². The van der Waals surface area contributed by atoms with E-state index in [1.165, 1.54) is 29.1 Å². The third-order valence-electron chi connectivity index (χ3n) is 2.29. The van der Waals surface area contributed by atoms with E-state index >= 15 is 0 Å². The van der Waals surface area contributed by atoms with Crippen molar-refractivity contribution in [2.45, 2.75) is 13.2 Å². The fourth-order valence-electron chi connectivity index (χ4n) is 1.51. The van der Waals surface area contributed by atoms with Gasteiger partial charge in [-0.25, -0.2) is 4.68 Å². The largest absolute Gasteiger partial charge is 0.434 e. The quantitative estimate of drug-likeness (QED) is 0.834. The molecule has 0 spiro atoms. The average molecular weight is 252 g/mol. The maximum Gasteiger partial charge on any atom is 0.387 e. The lowest BCUT2D eigenvalue weighted by atomic mass is 10.2. The standard InChI is InChI=1S/C12H10F2N2O2/c13-12(14)18-10-5-2-1-4-9(10)8-16-11(17)6-3-7-15-16/h1-7,12H,8H2. The summed E-state index contributed by atoms with van der Waals surface area (Å²) in [5.41, 5.74) is 0.169. The van der Waals surface area contributed by atoms with E-state index < -0.39 is 6.61 Å². The molecule has 94 valence electrons. The van der Waals surface area contributed by atoms with Crippen LogP contribution in [0.15, 0.2) is 47.4 Å². The Hall–Kier alpha value is -2.24. The molecule has 0 bridgehead atoms. The number of hydrogen-bond donors (Lipinski definition) is 0. The number of aromatic nitrogens is 2. The van der Waals surface area contributed by atoms with Crippen molar-refractivity contribution in [2.24, 2.45) is 0 Å². The number of nitrogens with zero attached hydrogens (tertiary/aromatic N) is 2. The summed E-state index contributed by atoms with van der Waals surface area (Å²) in [6.07, 6.45) is 1.46. The topological polar surface area (TPSA) is 44.1 Å². The number of rotatable bonds is 4. The van der Waals surface area contributed by atoms with Crippen LogP contribution < -0.4 is 10.3 Å². The smallest absolute Gasteiger partial charge is 0.387 e. The molecule has 0 atom stereocenters. The molecule has 0 aliphatic rings. The zero-order chi connectivity index (χ0) is 13.0. The van der Waals surface area contributed by atoms with E-state index in [0.717, 1.165) is 0 Å². The van der Waals surface area contributed by atoms with Gasteiger partial charge in [-0.15, -0.1) is 0 Å². The Morgan fingerprint density at radius 3 is 2.72 bits per heavy atom. The molecule has 0 radical (unpaired) electrons. The summed E-state index contributed by atoms with van der Waals surface area (Å²) in [7, 11) is 0. The Morgan fingerprint density at radius 1 is 1.22 bits per heavy atom. The van der Waals surface area contributed by atoms with Crippen LogP contribution in [0.2, 0.25) is 0 Å². The summed E-state index contributed by atoms with van der Waals surface area (Å²) in [6.45, 7) is -2.81. The molecule has 6 heteroatoms. The van der Waals surface area contributed by atoms with Gasteiger partial charge in [0, 0.05) is 17.8 Å². The predicted octanol–water partition coefficient (Wildman–Crippen LogP) is 1.89. The molecule has 0 fully saturated rings. The van der Waals surface area contributed by atoms with E-state index in [4.69, 9.17) is 0 Å². The maximum absolute atomic E-state index is 12.2. The van der Waals surface area contributed by atoms with Crippen molar-refractivity contribution in [3.63, 3.8) is 0 Å². The first-order chi connectivity index (χ1) is 8.66. The van der Waals surface area contributed by atoms with Crippen molar-refractivity contribution in [3.05, 3.63) is 58.5 Å². The molecule has 0 saturated heterocycles. The Bertz CT molecular complexity index is 584. The second-order valence-corrected chi connectivity index (χ2v) is 3.51. The summed E-state index contributed by atoms with van der Waals surface area (Å²) in [5.74, 6) is 0.0463. The van der Waals surface area contributed by atoms with Gasteiger partial charge < -0.3 is 4.74 Å². The van der Waals surface area contributed by atoms with Crippen LogP contribution in [-0.4, -0.2) is 16.4 Å². The van der Waals surface area contributed by atoms with Gasteiger partial charge in [0.25, 0.3) is 5.56 Å². The third kappa shape index (κ3) is 2.91. The minimum Gasteiger partial charge on any atom is -0.434 e. The number of halogens is 2. The first kappa shape index (κ1) is 12.2. The highest BCUT2D eigenvalue weighted by atomic mass is 19.3. The summed E-state index contributed by atoms with van der Waals surface area (Å²) in [5, 5.41) is 3.85. The zero-order valence-electron chi connectivity index (χ0n) is 9.29. The van der Waals surface area contributed by atoms with E-state index in [9.17, 15) is 13.6 Å². The van der Waals surface area contributed by atoms with Crippen LogP contribution >= 0.6 is 0 Å². The summed E-state index contributed by atoms with van der Waals surface area (Å²) in [6, 6.07) is 9.17. The van der Waals surface area contributed by atoms with E-state index in [1.54, 1.807) is 18.2 Å². The fourth-order valence-corrected chi connectivity index (χ4v) is 1.51. The van der Waals surface area contributed by atoms with E-state index in [-0.39, 0.29) is 17.9 Å². The fraction of sp³-hybridized carbons (Fsp3) is 0.167. The molecule has 0 unspecified atom stereocenters. The lowest BCUT2D eigenvalue weighted by Crippen LogP contribution is -2.22. The molecule has 0 amide bonds. The molecule has 0 aliphatic carbocycles. The lowest BCUT2D eigenvalue weighted by Gasteiger charge is -2.10. The Morgan fingerprint density at radius 2 is 2.00 bits per heavy atom. The molecule has 1 aromatic heterocycles. The summed E-state index contributed by atoms with van der Waals surface area (Å²) in [4.78, 5) is 11.5. The van der Waals surface area contributed by atoms with Gasteiger partial charge in [0.2, 0.25) is 0 Å². The highest BCUT2D eigenvalue weighted by Gasteiger charge is 2.10. The molecule has 2 rings (SSSR count). The number of alkyl halides is 2. The van der Waals surface area contributed by atoms with E-state index in [2.05, 4.69) is 9.84 Å². The lowest BCUT2D eigenvalue weighted by molar-refractivity contribution is -0.0505. The van der Waals surface area contributed by atoms with Crippen LogP contribution in [0, 0.1) is 0 Å². The van der Waals surface area contributed by atoms with Gasteiger partial charge in [0.1, 0.15) is 5.75 Å². The van der Waals surface area contributed by atoms with Crippen molar-refractivity contribution in [1.82, 2.24) is 9.78 Å². The SMILES string of the molecule is O=c1cccnn1Cc1ccccc1OC(F)F. The van der Waals surface area contributed by atoms with Gasteiger partial charge in [-0.2, -0.15) is 13.9 Å². The number of para-hydroxylation sites is 1. The van der Waals surface area contributed by atoms with E-state index in [1.807, 2.05) is 0 Å². The maximum atomic E-state index is 12.2. The first-order valence-electron chi connectivity index (χ1n) is 5.21. The molecule has 1 aromatic carbocycles. The summed E-state index contributed by atoms with van der Waals surface area (Å²) >= 11 is 0. The second-order valence-electron chi connectivity index (χ2n) is 3.51. The van der Waals surface area contributed by atoms with E-state index in [0.29, 0.717) is 5.56 Å². The van der Waals surface area contributed by atoms with Gasteiger partial charge in [-0.05, 0) is 12.1 Å². The Kier molecular flexibility index (Phi) is 3.66. The third-order valence-corrected chi connectivity index (χ3v) is 2.29. The Labute approximate surface area is 101 Å². The molecule has 2 aromatic rings. The molecular weight excluding hydrogens is 242 g/mol. The van der Waals surface area contributed by atoms with Crippen LogP contribution in [0.25, 0.3) is 0 Å². The van der Waals surface area contributed by atoms with Crippen LogP contribution in [0.1, 0.15) is 5.56 Å². The summed E-state index contributed by atoms with van der Waals surface area (Å²) < 4.78 is 30.0. The molecule has 0 aliphatic heterocycles. The van der Waals surface area contributed by atoms with Crippen LogP contribution in [0.5, 0.6) is 5.75 Å². The van der Waals surface area contributed by atoms with Crippen molar-refractivity contribution in [1.29, 1.82) is 0 Å². The average Bonchev–Trinajstić information content (AvgIpc) is 2.34. The molecule has 18 heavy (non-hydrogen) atoms. The predicted molar refractivity (Wildman–Crippen MR) is 60.7 cm³/mol.